The van der Waals surface area contributed by atoms with Gasteiger partial charge in [-0.15, -0.1) is 0 Å². The molecule has 0 bridgehead atoms. The molecule has 2 N–H and O–H groups in total. The molecular formula is C36H46N2O9S. The van der Waals surface area contributed by atoms with E-state index in [2.05, 4.69) is 5.32 Å². The molecule has 6 atom stereocenters. The number of aliphatic hydroxyl groups is 1. The van der Waals surface area contributed by atoms with Crippen LogP contribution >= 0.6 is 0 Å². The van der Waals surface area contributed by atoms with Crippen LogP contribution in [0.5, 0.6) is 5.75 Å². The lowest BCUT2D eigenvalue weighted by atomic mass is 9.93. The summed E-state index contributed by atoms with van der Waals surface area (Å²) in [7, 11) is -2.47. The molecule has 0 aliphatic carbocycles. The number of carbonyl (C=O) groups excluding carboxylic acids is 1. The van der Waals surface area contributed by atoms with Crippen LogP contribution in [0.15, 0.2) is 89.8 Å². The monoisotopic (exact) mass is 682 g/mol. The number of rotatable bonds is 15. The van der Waals surface area contributed by atoms with Crippen LogP contribution in [0.1, 0.15) is 31.4 Å². The van der Waals surface area contributed by atoms with E-state index in [0.29, 0.717) is 32.0 Å². The number of benzene rings is 3. The van der Waals surface area contributed by atoms with Crippen LogP contribution in [0.3, 0.4) is 0 Å². The number of sulfonamides is 1. The number of aliphatic hydroxyl groups excluding tert-OH is 1. The van der Waals surface area contributed by atoms with Gasteiger partial charge in [0.05, 0.1) is 56.0 Å². The molecule has 2 saturated heterocycles. The summed E-state index contributed by atoms with van der Waals surface area (Å²) in [6.45, 7) is 4.80. The molecule has 0 spiro atoms. The molecule has 1 amide bonds. The van der Waals surface area contributed by atoms with E-state index in [-0.39, 0.29) is 42.3 Å². The summed E-state index contributed by atoms with van der Waals surface area (Å²) in [4.78, 5) is 13.6. The number of nitrogens with zero attached hydrogens (tertiary/aromatic N) is 1. The van der Waals surface area contributed by atoms with Crippen molar-refractivity contribution >= 4 is 16.1 Å². The highest BCUT2D eigenvalue weighted by atomic mass is 32.2. The highest BCUT2D eigenvalue weighted by Gasteiger charge is 2.48. The molecule has 2 heterocycles. The van der Waals surface area contributed by atoms with E-state index < -0.39 is 40.7 Å². The van der Waals surface area contributed by atoms with Gasteiger partial charge >= 0.3 is 6.09 Å². The Labute approximate surface area is 283 Å². The second-order valence-corrected chi connectivity index (χ2v) is 14.6. The molecule has 0 saturated carbocycles. The van der Waals surface area contributed by atoms with E-state index in [0.717, 1.165) is 11.1 Å². The first-order valence-electron chi connectivity index (χ1n) is 16.4. The number of fused-ring (bicyclic) bond motifs is 1. The number of ether oxygens (including phenoxy) is 5. The summed E-state index contributed by atoms with van der Waals surface area (Å²) in [5.41, 5.74) is 1.88. The minimum atomic E-state index is -3.98. The molecule has 0 unspecified atom stereocenters. The average molecular weight is 683 g/mol. The summed E-state index contributed by atoms with van der Waals surface area (Å²) in [6.07, 6.45) is -2.72. The zero-order valence-electron chi connectivity index (χ0n) is 27.6. The topological polar surface area (TPSA) is 133 Å². The van der Waals surface area contributed by atoms with Crippen molar-refractivity contribution in [2.24, 2.45) is 11.8 Å². The van der Waals surface area contributed by atoms with Crippen molar-refractivity contribution < 1.29 is 42.0 Å². The van der Waals surface area contributed by atoms with Crippen molar-refractivity contribution in [2.75, 3.05) is 33.4 Å². The quantitative estimate of drug-likeness (QED) is 0.240. The Hall–Kier alpha value is -3.52. The molecule has 12 heteroatoms. The maximum atomic E-state index is 13.8. The van der Waals surface area contributed by atoms with Crippen molar-refractivity contribution in [3.8, 4) is 5.75 Å². The first-order valence-corrected chi connectivity index (χ1v) is 17.8. The first kappa shape index (κ1) is 35.8. The van der Waals surface area contributed by atoms with Crippen molar-refractivity contribution in [3.63, 3.8) is 0 Å². The van der Waals surface area contributed by atoms with Gasteiger partial charge in [0.25, 0.3) is 0 Å². The lowest BCUT2D eigenvalue weighted by Crippen LogP contribution is -2.52. The maximum absolute atomic E-state index is 13.8. The molecule has 3 aromatic carbocycles. The second-order valence-electron chi connectivity index (χ2n) is 12.6. The zero-order chi connectivity index (χ0) is 34.1. The summed E-state index contributed by atoms with van der Waals surface area (Å²) >= 11 is 0. The van der Waals surface area contributed by atoms with Crippen LogP contribution in [0.25, 0.3) is 0 Å². The molecule has 5 rings (SSSR count). The van der Waals surface area contributed by atoms with Crippen LogP contribution < -0.4 is 10.1 Å². The van der Waals surface area contributed by atoms with E-state index in [9.17, 15) is 18.3 Å². The number of amides is 1. The normalized spacial score (nSPS) is 22.2. The molecule has 260 valence electrons. The average Bonchev–Trinajstić information content (AvgIpc) is 3.51. The van der Waals surface area contributed by atoms with Gasteiger partial charge in [0.2, 0.25) is 10.0 Å². The first-order chi connectivity index (χ1) is 23.1. The second kappa shape index (κ2) is 16.7. The Morgan fingerprint density at radius 1 is 0.938 bits per heavy atom. The molecule has 0 aromatic heterocycles. The van der Waals surface area contributed by atoms with E-state index in [1.54, 1.807) is 12.1 Å². The maximum Gasteiger partial charge on any atom is 0.407 e. The molecule has 3 aromatic rings. The van der Waals surface area contributed by atoms with Crippen molar-refractivity contribution in [2.45, 2.75) is 68.8 Å². The SMILES string of the molecule is COc1ccc(S(=O)(=O)N(CC(C)C)C[C@@H](O)[C@H](Cc2ccccc2)NC(=O)O[C@H]2CCO[C@H]3OC[C@H](OCc4ccccc4)[C@H]32)cc1. The molecule has 0 radical (unpaired) electrons. The minimum absolute atomic E-state index is 0.0251. The third-order valence-corrected chi connectivity index (χ3v) is 10.4. The van der Waals surface area contributed by atoms with Gasteiger partial charge in [-0.1, -0.05) is 74.5 Å². The standard InChI is InChI=1S/C36H46N2O9S/c1-25(2)21-38(48(41,42)29-16-14-28(43-3)15-17-29)22-31(39)30(20-26-10-6-4-7-11-26)37-36(40)47-32-18-19-44-35-34(32)33(24-46-35)45-23-27-12-8-5-9-13-27/h4-17,25,30-35,39H,18-24H2,1-3H3,(H,37,40)/t30-,31+,32-,33-,34+,35-/m0/s1. The van der Waals surface area contributed by atoms with E-state index in [1.807, 2.05) is 74.5 Å². The van der Waals surface area contributed by atoms with Gasteiger partial charge in [-0.3, -0.25) is 0 Å². The zero-order valence-corrected chi connectivity index (χ0v) is 28.5. The molecule has 48 heavy (non-hydrogen) atoms. The summed E-state index contributed by atoms with van der Waals surface area (Å²) in [6, 6.07) is 24.5. The third-order valence-electron chi connectivity index (χ3n) is 8.57. The molecule has 2 aliphatic rings. The van der Waals surface area contributed by atoms with Crippen molar-refractivity contribution in [1.29, 1.82) is 0 Å². The van der Waals surface area contributed by atoms with Crippen LogP contribution in [0, 0.1) is 11.8 Å². The predicted molar refractivity (Wildman–Crippen MR) is 179 cm³/mol. The summed E-state index contributed by atoms with van der Waals surface area (Å²) < 4.78 is 57.9. The largest absolute Gasteiger partial charge is 0.497 e. The van der Waals surface area contributed by atoms with Gasteiger partial charge in [0.15, 0.2) is 6.29 Å². The Bertz CT molecular complexity index is 1540. The number of alkyl carbamates (subject to hydrolysis) is 1. The fourth-order valence-electron chi connectivity index (χ4n) is 6.11. The Kier molecular flexibility index (Phi) is 12.5. The van der Waals surface area contributed by atoms with Crippen molar-refractivity contribution in [1.82, 2.24) is 9.62 Å². The van der Waals surface area contributed by atoms with E-state index in [1.165, 1.54) is 23.5 Å². The number of hydrogen-bond acceptors (Lipinski definition) is 9. The fraction of sp³-hybridized carbons (Fsp3) is 0.472. The molecular weight excluding hydrogens is 636 g/mol. The highest BCUT2D eigenvalue weighted by molar-refractivity contribution is 7.89. The lowest BCUT2D eigenvalue weighted by Gasteiger charge is -2.35. The van der Waals surface area contributed by atoms with Crippen LogP contribution in [0.2, 0.25) is 0 Å². The van der Waals surface area contributed by atoms with Gasteiger partial charge in [-0.05, 0) is 47.7 Å². The number of carbonyl (C=O) groups is 1. The Balaban J connectivity index is 1.30. The molecule has 2 aliphatic heterocycles. The van der Waals surface area contributed by atoms with Crippen LogP contribution in [0.4, 0.5) is 4.79 Å². The van der Waals surface area contributed by atoms with Crippen LogP contribution in [-0.4, -0.2) is 88.0 Å². The Morgan fingerprint density at radius 2 is 1.60 bits per heavy atom. The smallest absolute Gasteiger partial charge is 0.407 e. The number of nitrogens with one attached hydrogen (secondary N) is 1. The van der Waals surface area contributed by atoms with E-state index in [4.69, 9.17) is 23.7 Å². The summed E-state index contributed by atoms with van der Waals surface area (Å²) in [5, 5.41) is 14.5. The van der Waals surface area contributed by atoms with Gasteiger partial charge in [0.1, 0.15) is 11.9 Å². The number of hydrogen-bond donors (Lipinski definition) is 2. The molecule has 2 fully saturated rings. The van der Waals surface area contributed by atoms with E-state index >= 15 is 0 Å². The highest BCUT2D eigenvalue weighted by Crippen LogP contribution is 2.35. The fourth-order valence-corrected chi connectivity index (χ4v) is 7.73. The lowest BCUT2D eigenvalue weighted by molar-refractivity contribution is -0.185. The predicted octanol–water partition coefficient (Wildman–Crippen LogP) is 4.39. The molecule has 11 nitrogen and oxygen atoms in total. The van der Waals surface area contributed by atoms with Gasteiger partial charge in [-0.2, -0.15) is 4.31 Å². The Morgan fingerprint density at radius 3 is 2.25 bits per heavy atom. The van der Waals surface area contributed by atoms with Crippen LogP contribution in [-0.2, 0) is 42.0 Å². The minimum Gasteiger partial charge on any atom is -0.497 e. The van der Waals surface area contributed by atoms with Gasteiger partial charge in [-0.25, -0.2) is 13.2 Å². The summed E-state index contributed by atoms with van der Waals surface area (Å²) in [5.74, 6) is 0.175. The number of methoxy groups -OCH3 is 1. The van der Waals surface area contributed by atoms with Crippen molar-refractivity contribution in [3.05, 3.63) is 96.1 Å². The third kappa shape index (κ3) is 9.34. The van der Waals surface area contributed by atoms with Gasteiger partial charge < -0.3 is 34.1 Å². The van der Waals surface area contributed by atoms with Gasteiger partial charge in [0, 0.05) is 19.5 Å².